The quantitative estimate of drug-likeness (QED) is 0.420. The largest absolute Gasteiger partial charge is 0.0841 e. The van der Waals surface area contributed by atoms with E-state index in [0.29, 0.717) is 19.5 Å². The van der Waals surface area contributed by atoms with E-state index in [0.717, 1.165) is 59.2 Å². The maximum Gasteiger partial charge on any atom is 0.0385 e. The van der Waals surface area contributed by atoms with Crippen LogP contribution in [0.15, 0.2) is 0 Å². The van der Waals surface area contributed by atoms with Crippen molar-refractivity contribution in [1.29, 1.82) is 0 Å². The van der Waals surface area contributed by atoms with Crippen LogP contribution in [-0.4, -0.2) is 8.65 Å². The molecule has 13 aliphatic rings. The minimum Gasteiger partial charge on any atom is -0.0841 e. The SMILES string of the molecule is Br[C@@]12[C@@H]3C[C@H]4C[C@H]5[C@H]3C[C@@]36C[C@@H]7C[C@@H]([C@H]8C[C@]1(C4)[C@H]5[C@]3(Br)[C@@H]8C7)[C@@H]62. The number of alkyl halides is 2. The van der Waals surface area contributed by atoms with Crippen molar-refractivity contribution in [3.05, 3.63) is 0 Å². The highest BCUT2D eigenvalue weighted by atomic mass is 79.9. The van der Waals surface area contributed by atoms with Gasteiger partial charge in [0.05, 0.1) is 0 Å². The van der Waals surface area contributed by atoms with E-state index in [1.807, 2.05) is 0 Å². The summed E-state index contributed by atoms with van der Waals surface area (Å²) >= 11 is 9.44. The molecule has 0 aliphatic heterocycles. The summed E-state index contributed by atoms with van der Waals surface area (Å²) in [6, 6.07) is 0. The molecular weight excluding hydrogens is 424 g/mol. The van der Waals surface area contributed by atoms with Gasteiger partial charge >= 0.3 is 0 Å². The minimum absolute atomic E-state index is 0.576. The predicted octanol–water partition coefficient (Wildman–Crippen LogP) is 5.63. The molecule has 0 unspecified atom stereocenters. The zero-order chi connectivity index (χ0) is 15.4. The van der Waals surface area contributed by atoms with Crippen molar-refractivity contribution in [2.45, 2.75) is 60.0 Å². The standard InChI is InChI=1S/C22H26Br2/c23-21-16-4-10-2-12-14(16)8-19-5-9-1-11(17(19)21)13-7-20(21,6-10)18(12)22(19,24)15(13)3-9/h9-18H,1-8H2/t9-,10-,11+,12+,13-,14-,15-,16-,17+,18+,19-,20-,21-,22-/m1/s1. The van der Waals surface area contributed by atoms with Crippen LogP contribution in [0.25, 0.3) is 0 Å². The molecule has 0 nitrogen and oxygen atoms in total. The number of hydrogen-bond donors (Lipinski definition) is 0. The molecule has 13 fully saturated rings. The molecule has 14 bridgehead atoms. The van der Waals surface area contributed by atoms with Crippen molar-refractivity contribution in [3.63, 3.8) is 0 Å². The summed E-state index contributed by atoms with van der Waals surface area (Å²) in [6.45, 7) is 0. The lowest BCUT2D eigenvalue weighted by atomic mass is 9.13. The second-order valence-corrected chi connectivity index (χ2v) is 14.8. The third kappa shape index (κ3) is 0.838. The third-order valence-corrected chi connectivity index (χ3v) is 16.3. The summed E-state index contributed by atoms with van der Waals surface area (Å²) < 4.78 is 1.15. The normalized spacial score (nSPS) is 85.2. The van der Waals surface area contributed by atoms with Crippen molar-refractivity contribution >= 4 is 31.9 Å². The second kappa shape index (κ2) is 3.19. The highest BCUT2D eigenvalue weighted by molar-refractivity contribution is 9.10. The molecule has 0 heterocycles. The average molecular weight is 450 g/mol. The first-order valence-corrected chi connectivity index (χ1v) is 12.5. The van der Waals surface area contributed by atoms with Gasteiger partial charge in [-0.25, -0.2) is 0 Å². The zero-order valence-corrected chi connectivity index (χ0v) is 17.4. The molecule has 13 saturated carbocycles. The van der Waals surface area contributed by atoms with E-state index < -0.39 is 0 Å². The van der Waals surface area contributed by atoms with Gasteiger partial charge in [0.2, 0.25) is 0 Å². The molecule has 13 rings (SSSR count). The van der Waals surface area contributed by atoms with Crippen molar-refractivity contribution in [2.24, 2.45) is 70.0 Å². The predicted molar refractivity (Wildman–Crippen MR) is 100 cm³/mol. The van der Waals surface area contributed by atoms with Crippen LogP contribution < -0.4 is 0 Å². The first-order valence-electron chi connectivity index (χ1n) is 10.9. The fraction of sp³-hybridized carbons (Fsp3) is 1.00. The summed E-state index contributed by atoms with van der Waals surface area (Å²) in [6.07, 6.45) is 13.0. The molecule has 0 aromatic heterocycles. The van der Waals surface area contributed by atoms with Gasteiger partial charge in [-0.15, -0.1) is 0 Å². The number of hydrogen-bond acceptors (Lipinski definition) is 0. The van der Waals surface area contributed by atoms with Crippen LogP contribution >= 0.6 is 31.9 Å². The van der Waals surface area contributed by atoms with Crippen LogP contribution in [0.4, 0.5) is 0 Å². The summed E-state index contributed by atoms with van der Waals surface area (Å²) in [5.74, 6) is 10.9. The molecule has 0 aromatic carbocycles. The smallest absolute Gasteiger partial charge is 0.0385 e. The Balaban J connectivity index is 1.47. The Bertz CT molecular complexity index is 678. The van der Waals surface area contributed by atoms with Crippen LogP contribution in [0, 0.1) is 70.0 Å². The highest BCUT2D eigenvalue weighted by Gasteiger charge is 2.94. The van der Waals surface area contributed by atoms with Gasteiger partial charge < -0.3 is 0 Å². The lowest BCUT2D eigenvalue weighted by Gasteiger charge is -2.95. The van der Waals surface area contributed by atoms with Crippen molar-refractivity contribution in [3.8, 4) is 0 Å². The Labute approximate surface area is 161 Å². The van der Waals surface area contributed by atoms with Gasteiger partial charge in [0.1, 0.15) is 0 Å². The molecule has 0 radical (unpaired) electrons. The fourth-order valence-electron chi connectivity index (χ4n) is 13.3. The summed E-state index contributed by atoms with van der Waals surface area (Å²) in [5, 5.41) is 0. The lowest BCUT2D eigenvalue weighted by Crippen LogP contribution is -2.94. The second-order valence-electron chi connectivity index (χ2n) is 12.2. The Morgan fingerprint density at radius 3 is 1.46 bits per heavy atom. The number of halogens is 2. The topological polar surface area (TPSA) is 0 Å². The van der Waals surface area contributed by atoms with Gasteiger partial charge in [-0.05, 0) is 121 Å². The van der Waals surface area contributed by atoms with E-state index >= 15 is 0 Å². The van der Waals surface area contributed by atoms with Crippen LogP contribution in [0.1, 0.15) is 51.4 Å². The Morgan fingerprint density at radius 2 is 1.00 bits per heavy atom. The van der Waals surface area contributed by atoms with Gasteiger partial charge in [-0.2, -0.15) is 0 Å². The van der Waals surface area contributed by atoms with E-state index in [1.165, 1.54) is 0 Å². The first kappa shape index (κ1) is 13.2. The highest BCUT2D eigenvalue weighted by Crippen LogP contribution is 2.97. The Hall–Kier alpha value is 0.960. The van der Waals surface area contributed by atoms with Gasteiger partial charge in [-0.3, -0.25) is 0 Å². The molecule has 0 saturated heterocycles. The van der Waals surface area contributed by atoms with Crippen molar-refractivity contribution in [2.75, 3.05) is 0 Å². The van der Waals surface area contributed by atoms with Crippen LogP contribution in [0.5, 0.6) is 0 Å². The molecule has 14 atom stereocenters. The van der Waals surface area contributed by atoms with Crippen LogP contribution in [-0.2, 0) is 0 Å². The average Bonchev–Trinajstić information content (AvgIpc) is 2.54. The first-order chi connectivity index (χ1) is 11.5. The molecule has 24 heavy (non-hydrogen) atoms. The van der Waals surface area contributed by atoms with Gasteiger partial charge in [0.25, 0.3) is 0 Å². The molecule has 0 aromatic rings. The number of rotatable bonds is 0. The third-order valence-electron chi connectivity index (χ3n) is 12.6. The van der Waals surface area contributed by atoms with Gasteiger partial charge in [0, 0.05) is 8.65 Å². The van der Waals surface area contributed by atoms with Crippen LogP contribution in [0.2, 0.25) is 0 Å². The van der Waals surface area contributed by atoms with E-state index in [2.05, 4.69) is 0 Å². The maximum atomic E-state index is 4.72. The Kier molecular flexibility index (Phi) is 1.75. The van der Waals surface area contributed by atoms with E-state index in [4.69, 9.17) is 31.9 Å². The lowest BCUT2D eigenvalue weighted by molar-refractivity contribution is -0.402. The molecule has 2 heteroatoms. The summed E-state index contributed by atoms with van der Waals surface area (Å²) in [4.78, 5) is 0. The molecule has 0 N–H and O–H groups in total. The van der Waals surface area contributed by atoms with E-state index in [-0.39, 0.29) is 0 Å². The molecule has 128 valence electrons. The summed E-state index contributed by atoms with van der Waals surface area (Å²) in [5.41, 5.74) is 1.42. The van der Waals surface area contributed by atoms with E-state index in [1.54, 1.807) is 51.4 Å². The minimum atomic E-state index is 0.576. The Morgan fingerprint density at radius 1 is 0.542 bits per heavy atom. The molecule has 13 aliphatic carbocycles. The van der Waals surface area contributed by atoms with Gasteiger partial charge in [0.15, 0.2) is 0 Å². The molecule has 2 spiro atoms. The summed E-state index contributed by atoms with van der Waals surface area (Å²) in [7, 11) is 0. The van der Waals surface area contributed by atoms with Crippen molar-refractivity contribution in [1.82, 2.24) is 0 Å². The molecule has 0 amide bonds. The van der Waals surface area contributed by atoms with Crippen molar-refractivity contribution < 1.29 is 0 Å². The van der Waals surface area contributed by atoms with Gasteiger partial charge in [-0.1, -0.05) is 31.9 Å². The molecular formula is C22H26Br2. The maximum absolute atomic E-state index is 4.72. The van der Waals surface area contributed by atoms with Crippen LogP contribution in [0.3, 0.4) is 0 Å². The monoisotopic (exact) mass is 448 g/mol. The zero-order valence-electron chi connectivity index (χ0n) is 14.2. The fourth-order valence-corrected chi connectivity index (χ4v) is 17.1. The van der Waals surface area contributed by atoms with E-state index in [9.17, 15) is 0 Å².